The lowest BCUT2D eigenvalue weighted by Gasteiger charge is -2.35. The number of ether oxygens (including phenoxy) is 1. The summed E-state index contributed by atoms with van der Waals surface area (Å²) >= 11 is 0. The number of aliphatic hydroxyl groups is 1. The van der Waals surface area contributed by atoms with Gasteiger partial charge < -0.3 is 14.7 Å². The van der Waals surface area contributed by atoms with Gasteiger partial charge in [0.1, 0.15) is 18.3 Å². The van der Waals surface area contributed by atoms with E-state index in [0.29, 0.717) is 13.2 Å². The van der Waals surface area contributed by atoms with Gasteiger partial charge >= 0.3 is 0 Å². The largest absolute Gasteiger partial charge is 0.492 e. The van der Waals surface area contributed by atoms with E-state index in [-0.39, 0.29) is 24.5 Å². The minimum absolute atomic E-state index is 0.0253. The third-order valence-corrected chi connectivity index (χ3v) is 4.64. The number of carbonyl (C=O) groups excluding carboxylic acids is 1. The van der Waals surface area contributed by atoms with Crippen LogP contribution in [0, 0.1) is 0 Å². The minimum atomic E-state index is -0.213. The molecule has 4 heteroatoms. The Hall–Kier alpha value is -1.55. The summed E-state index contributed by atoms with van der Waals surface area (Å²) in [6.07, 6.45) is 5.73. The number of rotatable bonds is 4. The molecule has 1 atom stereocenters. The first kappa shape index (κ1) is 14.4. The predicted octanol–water partition coefficient (Wildman–Crippen LogP) is 2.32. The Morgan fingerprint density at radius 3 is 2.76 bits per heavy atom. The zero-order chi connectivity index (χ0) is 14.7. The highest BCUT2D eigenvalue weighted by molar-refractivity contribution is 5.86. The highest BCUT2D eigenvalue weighted by atomic mass is 16.5. The van der Waals surface area contributed by atoms with Crippen LogP contribution in [-0.4, -0.2) is 41.7 Å². The molecule has 114 valence electrons. The zero-order valence-electron chi connectivity index (χ0n) is 12.3. The zero-order valence-corrected chi connectivity index (χ0v) is 12.3. The molecule has 1 aliphatic carbocycles. The van der Waals surface area contributed by atoms with E-state index >= 15 is 0 Å². The number of aliphatic hydroxyl groups excluding tert-OH is 1. The van der Waals surface area contributed by atoms with Gasteiger partial charge in [-0.3, -0.25) is 4.79 Å². The highest BCUT2D eigenvalue weighted by Gasteiger charge is 2.35. The lowest BCUT2D eigenvalue weighted by Crippen LogP contribution is -2.45. The Bertz CT molecular complexity index is 497. The first-order chi connectivity index (χ1) is 10.3. The molecular formula is C17H23NO3. The van der Waals surface area contributed by atoms with Gasteiger partial charge in [0.25, 0.3) is 0 Å². The molecule has 0 radical (unpaired) electrons. The van der Waals surface area contributed by atoms with Crippen molar-refractivity contribution in [3.8, 4) is 5.75 Å². The third-order valence-electron chi connectivity index (χ3n) is 4.64. The van der Waals surface area contributed by atoms with Crippen molar-refractivity contribution in [3.05, 3.63) is 29.8 Å². The number of benzene rings is 1. The summed E-state index contributed by atoms with van der Waals surface area (Å²) in [7, 11) is 0. The van der Waals surface area contributed by atoms with Gasteiger partial charge in [0.2, 0.25) is 5.91 Å². The predicted molar refractivity (Wildman–Crippen MR) is 80.3 cm³/mol. The topological polar surface area (TPSA) is 49.8 Å². The van der Waals surface area contributed by atoms with Crippen LogP contribution in [0.3, 0.4) is 0 Å². The van der Waals surface area contributed by atoms with Crippen molar-refractivity contribution < 1.29 is 14.6 Å². The number of nitrogens with zero attached hydrogens (tertiary/aromatic N) is 1. The minimum Gasteiger partial charge on any atom is -0.492 e. The molecular weight excluding hydrogens is 266 g/mol. The van der Waals surface area contributed by atoms with E-state index in [4.69, 9.17) is 4.74 Å². The van der Waals surface area contributed by atoms with E-state index in [0.717, 1.165) is 24.2 Å². The quantitative estimate of drug-likeness (QED) is 0.925. The highest BCUT2D eigenvalue weighted by Crippen LogP contribution is 2.36. The van der Waals surface area contributed by atoms with Gasteiger partial charge in [0, 0.05) is 18.2 Å². The Kier molecular flexibility index (Phi) is 4.44. The lowest BCUT2D eigenvalue weighted by molar-refractivity contribution is -0.136. The summed E-state index contributed by atoms with van der Waals surface area (Å²) in [5, 5.41) is 9.33. The van der Waals surface area contributed by atoms with Gasteiger partial charge in [0.05, 0.1) is 6.61 Å². The molecule has 1 fully saturated rings. The maximum absolute atomic E-state index is 12.9. The van der Waals surface area contributed by atoms with Crippen molar-refractivity contribution >= 4 is 5.91 Å². The Labute approximate surface area is 125 Å². The number of amides is 1. The van der Waals surface area contributed by atoms with Crippen LogP contribution in [-0.2, 0) is 4.79 Å². The molecule has 1 saturated carbocycles. The second-order valence-corrected chi connectivity index (χ2v) is 5.95. The summed E-state index contributed by atoms with van der Waals surface area (Å²) in [6, 6.07) is 8.05. The lowest BCUT2D eigenvalue weighted by atomic mass is 9.92. The van der Waals surface area contributed by atoms with Gasteiger partial charge in [-0.15, -0.1) is 0 Å². The van der Waals surface area contributed by atoms with Crippen LogP contribution in [0.25, 0.3) is 0 Å². The fourth-order valence-electron chi connectivity index (χ4n) is 3.54. The molecule has 1 amide bonds. The Morgan fingerprint density at radius 1 is 1.24 bits per heavy atom. The average molecular weight is 289 g/mol. The standard InChI is InChI=1S/C17H23NO3/c19-11-10-18(13-6-2-1-3-7-13)17(20)15-12-21-16-9-5-4-8-14(15)16/h4-5,8-9,13,15,19H,1-3,6-7,10-12H2. The normalized spacial score (nSPS) is 21.7. The molecule has 0 saturated heterocycles. The van der Waals surface area contributed by atoms with Crippen molar-refractivity contribution in [2.75, 3.05) is 19.8 Å². The Morgan fingerprint density at radius 2 is 2.00 bits per heavy atom. The molecule has 21 heavy (non-hydrogen) atoms. The summed E-state index contributed by atoms with van der Waals surface area (Å²) < 4.78 is 5.64. The van der Waals surface area contributed by atoms with Crippen LogP contribution in [0.15, 0.2) is 24.3 Å². The van der Waals surface area contributed by atoms with Crippen molar-refractivity contribution in [3.63, 3.8) is 0 Å². The molecule has 1 aliphatic heterocycles. The van der Waals surface area contributed by atoms with E-state index in [2.05, 4.69) is 0 Å². The van der Waals surface area contributed by atoms with Gasteiger partial charge in [-0.1, -0.05) is 37.5 Å². The molecule has 1 N–H and O–H groups in total. The van der Waals surface area contributed by atoms with E-state index in [9.17, 15) is 9.90 Å². The molecule has 1 aromatic carbocycles. The van der Waals surface area contributed by atoms with Crippen molar-refractivity contribution in [1.29, 1.82) is 0 Å². The molecule has 0 aromatic heterocycles. The summed E-state index contributed by atoms with van der Waals surface area (Å²) in [4.78, 5) is 14.8. The molecule has 3 rings (SSSR count). The van der Waals surface area contributed by atoms with E-state index in [1.807, 2.05) is 29.2 Å². The van der Waals surface area contributed by atoms with E-state index in [1.54, 1.807) is 0 Å². The van der Waals surface area contributed by atoms with E-state index < -0.39 is 0 Å². The molecule has 2 aliphatic rings. The maximum Gasteiger partial charge on any atom is 0.234 e. The van der Waals surface area contributed by atoms with Gasteiger partial charge in [-0.05, 0) is 18.9 Å². The summed E-state index contributed by atoms with van der Waals surface area (Å²) in [5.41, 5.74) is 0.987. The SMILES string of the molecule is O=C(C1COc2ccccc21)N(CCO)C1CCCCC1. The van der Waals surface area contributed by atoms with Crippen LogP contribution >= 0.6 is 0 Å². The fraction of sp³-hybridized carbons (Fsp3) is 0.588. The first-order valence-electron chi connectivity index (χ1n) is 7.94. The molecule has 4 nitrogen and oxygen atoms in total. The van der Waals surface area contributed by atoms with Crippen LogP contribution in [0.5, 0.6) is 5.75 Å². The number of hydrogen-bond donors (Lipinski definition) is 1. The summed E-state index contributed by atoms with van der Waals surface area (Å²) in [6.45, 7) is 0.881. The monoisotopic (exact) mass is 289 g/mol. The molecule has 1 heterocycles. The van der Waals surface area contributed by atoms with Crippen molar-refractivity contribution in [2.45, 2.75) is 44.1 Å². The fourth-order valence-corrected chi connectivity index (χ4v) is 3.54. The van der Waals surface area contributed by atoms with Gasteiger partial charge in [-0.2, -0.15) is 0 Å². The number of para-hydroxylation sites is 1. The van der Waals surface area contributed by atoms with E-state index in [1.165, 1.54) is 19.3 Å². The van der Waals surface area contributed by atoms with Crippen molar-refractivity contribution in [2.24, 2.45) is 0 Å². The van der Waals surface area contributed by atoms with Gasteiger partial charge in [0.15, 0.2) is 0 Å². The van der Waals surface area contributed by atoms with Crippen molar-refractivity contribution in [1.82, 2.24) is 4.90 Å². The second-order valence-electron chi connectivity index (χ2n) is 5.95. The molecule has 0 spiro atoms. The molecule has 1 aromatic rings. The second kappa shape index (κ2) is 6.48. The molecule has 1 unspecified atom stereocenters. The average Bonchev–Trinajstić information content (AvgIpc) is 2.97. The van der Waals surface area contributed by atoms with Crippen LogP contribution < -0.4 is 4.74 Å². The number of hydrogen-bond acceptors (Lipinski definition) is 3. The van der Waals surface area contributed by atoms with Crippen LogP contribution in [0.2, 0.25) is 0 Å². The van der Waals surface area contributed by atoms with Crippen LogP contribution in [0.4, 0.5) is 0 Å². The number of carbonyl (C=O) groups is 1. The third kappa shape index (κ3) is 2.91. The Balaban J connectivity index is 1.78. The summed E-state index contributed by atoms with van der Waals surface area (Å²) in [5.74, 6) is 0.721. The maximum atomic E-state index is 12.9. The smallest absolute Gasteiger partial charge is 0.234 e. The van der Waals surface area contributed by atoms with Gasteiger partial charge in [-0.25, -0.2) is 0 Å². The molecule has 0 bridgehead atoms. The number of fused-ring (bicyclic) bond motifs is 1. The van der Waals surface area contributed by atoms with Crippen LogP contribution in [0.1, 0.15) is 43.6 Å². The first-order valence-corrected chi connectivity index (χ1v) is 7.94.